The Morgan fingerprint density at radius 1 is 1.18 bits per heavy atom. The van der Waals surface area contributed by atoms with Crippen LogP contribution in [0.25, 0.3) is 0 Å². The number of ether oxygens (including phenoxy) is 1. The lowest BCUT2D eigenvalue weighted by Crippen LogP contribution is -2.49. The van der Waals surface area contributed by atoms with Crippen molar-refractivity contribution in [1.82, 2.24) is 4.90 Å². The van der Waals surface area contributed by atoms with Crippen LogP contribution in [0, 0.1) is 0 Å². The van der Waals surface area contributed by atoms with Gasteiger partial charge in [0.05, 0.1) is 13.2 Å². The molecule has 1 aromatic carbocycles. The summed E-state index contributed by atoms with van der Waals surface area (Å²) in [7, 11) is 1.66. The van der Waals surface area contributed by atoms with E-state index in [1.807, 2.05) is 24.3 Å². The van der Waals surface area contributed by atoms with Crippen molar-refractivity contribution in [1.29, 1.82) is 0 Å². The van der Waals surface area contributed by atoms with Crippen molar-refractivity contribution in [2.45, 2.75) is 44.2 Å². The molecule has 22 heavy (non-hydrogen) atoms. The molecule has 2 aliphatic rings. The second-order valence-electron chi connectivity index (χ2n) is 6.24. The van der Waals surface area contributed by atoms with Crippen molar-refractivity contribution >= 4 is 11.6 Å². The molecule has 0 amide bonds. The number of methoxy groups -OCH3 is 1. The SMILES string of the molecule is COc1ccc(NC(N)=NC2CC(N3CCCCC3)C2)cc1. The molecule has 3 rings (SSSR count). The normalized spacial score (nSPS) is 26.3. The van der Waals surface area contributed by atoms with Gasteiger partial charge in [-0.2, -0.15) is 0 Å². The van der Waals surface area contributed by atoms with E-state index in [1.54, 1.807) is 7.11 Å². The van der Waals surface area contributed by atoms with Gasteiger partial charge < -0.3 is 20.7 Å². The van der Waals surface area contributed by atoms with E-state index < -0.39 is 0 Å². The summed E-state index contributed by atoms with van der Waals surface area (Å²) in [6.07, 6.45) is 6.39. The largest absolute Gasteiger partial charge is 0.497 e. The number of anilines is 1. The van der Waals surface area contributed by atoms with Crippen LogP contribution in [0.5, 0.6) is 5.75 Å². The van der Waals surface area contributed by atoms with Crippen LogP contribution in [0.2, 0.25) is 0 Å². The molecule has 3 N–H and O–H groups in total. The van der Waals surface area contributed by atoms with Crippen molar-refractivity contribution in [3.63, 3.8) is 0 Å². The van der Waals surface area contributed by atoms with Gasteiger partial charge in [0.25, 0.3) is 0 Å². The number of rotatable bonds is 4. The number of guanidine groups is 1. The first-order valence-electron chi connectivity index (χ1n) is 8.23. The van der Waals surface area contributed by atoms with Gasteiger partial charge in [-0.3, -0.25) is 0 Å². The Kier molecular flexibility index (Phi) is 4.83. The third kappa shape index (κ3) is 3.71. The standard InChI is InChI=1S/C17H26N4O/c1-22-16-7-5-13(6-8-16)19-17(18)20-14-11-15(12-14)21-9-3-2-4-10-21/h5-8,14-15H,2-4,9-12H2,1H3,(H3,18,19,20). The highest BCUT2D eigenvalue weighted by molar-refractivity contribution is 5.92. The van der Waals surface area contributed by atoms with Crippen LogP contribution in [0.1, 0.15) is 32.1 Å². The maximum Gasteiger partial charge on any atom is 0.193 e. The number of nitrogens with two attached hydrogens (primary N) is 1. The molecule has 0 bridgehead atoms. The van der Waals surface area contributed by atoms with Crippen LogP contribution in [0.4, 0.5) is 5.69 Å². The highest BCUT2D eigenvalue weighted by atomic mass is 16.5. The Hall–Kier alpha value is -1.75. The summed E-state index contributed by atoms with van der Waals surface area (Å²) in [6, 6.07) is 8.80. The summed E-state index contributed by atoms with van der Waals surface area (Å²) in [6.45, 7) is 2.53. The molecule has 2 fully saturated rings. The highest BCUT2D eigenvalue weighted by Gasteiger charge is 2.33. The monoisotopic (exact) mass is 302 g/mol. The van der Waals surface area contributed by atoms with Crippen LogP contribution in [0.15, 0.2) is 29.3 Å². The van der Waals surface area contributed by atoms with Gasteiger partial charge in [-0.25, -0.2) is 4.99 Å². The maximum atomic E-state index is 6.00. The van der Waals surface area contributed by atoms with Crippen molar-refractivity contribution in [2.75, 3.05) is 25.5 Å². The Morgan fingerprint density at radius 3 is 2.50 bits per heavy atom. The zero-order chi connectivity index (χ0) is 15.4. The van der Waals surface area contributed by atoms with Crippen molar-refractivity contribution < 1.29 is 4.74 Å². The molecule has 5 heteroatoms. The zero-order valence-electron chi connectivity index (χ0n) is 13.3. The summed E-state index contributed by atoms with van der Waals surface area (Å²) < 4.78 is 5.14. The van der Waals surface area contributed by atoms with E-state index in [1.165, 1.54) is 32.4 Å². The first-order valence-corrected chi connectivity index (χ1v) is 8.23. The summed E-state index contributed by atoms with van der Waals surface area (Å²) in [4.78, 5) is 7.22. The molecular formula is C17H26N4O. The molecule has 120 valence electrons. The van der Waals surface area contributed by atoms with Crippen LogP contribution in [0.3, 0.4) is 0 Å². The topological polar surface area (TPSA) is 62.9 Å². The molecule has 1 aliphatic carbocycles. The van der Waals surface area contributed by atoms with Crippen molar-refractivity contribution in [3.05, 3.63) is 24.3 Å². The number of nitrogens with zero attached hydrogens (tertiary/aromatic N) is 2. The Bertz CT molecular complexity index is 502. The molecular weight excluding hydrogens is 276 g/mol. The van der Waals surface area contributed by atoms with Crippen molar-refractivity contribution in [2.24, 2.45) is 10.7 Å². The minimum absolute atomic E-state index is 0.373. The number of likely N-dealkylation sites (tertiary alicyclic amines) is 1. The van der Waals surface area contributed by atoms with Gasteiger partial charge in [0.15, 0.2) is 5.96 Å². The summed E-state index contributed by atoms with van der Waals surface area (Å²) in [5.74, 6) is 1.34. The molecule has 0 unspecified atom stereocenters. The van der Waals surface area contributed by atoms with Gasteiger partial charge in [0.1, 0.15) is 5.75 Å². The predicted molar refractivity (Wildman–Crippen MR) is 90.5 cm³/mol. The molecule has 0 radical (unpaired) electrons. The van der Waals surface area contributed by atoms with Crippen LogP contribution >= 0.6 is 0 Å². The molecule has 0 atom stereocenters. The Balaban J connectivity index is 1.46. The number of hydrogen-bond acceptors (Lipinski definition) is 3. The average Bonchev–Trinajstić information content (AvgIpc) is 2.52. The lowest BCUT2D eigenvalue weighted by molar-refractivity contribution is 0.0912. The third-order valence-corrected chi connectivity index (χ3v) is 4.68. The van der Waals surface area contributed by atoms with E-state index in [-0.39, 0.29) is 0 Å². The van der Waals surface area contributed by atoms with E-state index >= 15 is 0 Å². The summed E-state index contributed by atoms with van der Waals surface area (Å²) in [5.41, 5.74) is 6.94. The Morgan fingerprint density at radius 2 is 1.86 bits per heavy atom. The van der Waals surface area contributed by atoms with Crippen LogP contribution in [-0.2, 0) is 0 Å². The van der Waals surface area contributed by atoms with E-state index in [4.69, 9.17) is 10.5 Å². The van der Waals surface area contributed by atoms with Crippen LogP contribution in [-0.4, -0.2) is 43.1 Å². The molecule has 1 saturated carbocycles. The molecule has 1 heterocycles. The molecule has 1 aliphatic heterocycles. The van der Waals surface area contributed by atoms with E-state index in [2.05, 4.69) is 15.2 Å². The number of piperidine rings is 1. The zero-order valence-corrected chi connectivity index (χ0v) is 13.3. The Labute approximate surface area is 132 Å². The fourth-order valence-electron chi connectivity index (χ4n) is 3.30. The van der Waals surface area contributed by atoms with Crippen LogP contribution < -0.4 is 15.8 Å². The summed E-state index contributed by atoms with van der Waals surface area (Å²) >= 11 is 0. The van der Waals surface area contributed by atoms with Gasteiger partial charge in [0, 0.05) is 11.7 Å². The van der Waals surface area contributed by atoms with Gasteiger partial charge in [-0.1, -0.05) is 6.42 Å². The van der Waals surface area contributed by atoms with E-state index in [0.29, 0.717) is 12.0 Å². The fourth-order valence-corrected chi connectivity index (χ4v) is 3.30. The smallest absolute Gasteiger partial charge is 0.193 e. The van der Waals surface area contributed by atoms with Gasteiger partial charge in [-0.05, 0) is 63.0 Å². The minimum Gasteiger partial charge on any atom is -0.497 e. The number of hydrogen-bond donors (Lipinski definition) is 2. The summed E-state index contributed by atoms with van der Waals surface area (Å²) in [5, 5.41) is 3.15. The molecule has 0 spiro atoms. The highest BCUT2D eigenvalue weighted by Crippen LogP contribution is 2.30. The molecule has 5 nitrogen and oxygen atoms in total. The number of aliphatic imine (C=N–C) groups is 1. The van der Waals surface area contributed by atoms with Gasteiger partial charge in [-0.15, -0.1) is 0 Å². The molecule has 1 saturated heterocycles. The lowest BCUT2D eigenvalue weighted by atomic mass is 9.85. The minimum atomic E-state index is 0.373. The lowest BCUT2D eigenvalue weighted by Gasteiger charge is -2.43. The maximum absolute atomic E-state index is 6.00. The first kappa shape index (κ1) is 15.2. The van der Waals surface area contributed by atoms with Crippen molar-refractivity contribution in [3.8, 4) is 5.75 Å². The molecule has 1 aromatic rings. The van der Waals surface area contributed by atoms with E-state index in [9.17, 15) is 0 Å². The fraction of sp³-hybridized carbons (Fsp3) is 0.588. The van der Waals surface area contributed by atoms with Gasteiger partial charge in [0.2, 0.25) is 0 Å². The third-order valence-electron chi connectivity index (χ3n) is 4.68. The predicted octanol–water partition coefficient (Wildman–Crippen LogP) is 2.44. The first-order chi connectivity index (χ1) is 10.7. The second-order valence-corrected chi connectivity index (χ2v) is 6.24. The average molecular weight is 302 g/mol. The van der Waals surface area contributed by atoms with Gasteiger partial charge >= 0.3 is 0 Å². The number of nitrogens with one attached hydrogen (secondary N) is 1. The molecule has 0 aromatic heterocycles. The quantitative estimate of drug-likeness (QED) is 0.662. The van der Waals surface area contributed by atoms with E-state index in [0.717, 1.165) is 30.3 Å². The number of benzene rings is 1. The second kappa shape index (κ2) is 7.01.